The number of piperidine rings is 1. The molecule has 2 aliphatic rings. The summed E-state index contributed by atoms with van der Waals surface area (Å²) in [6.45, 7) is 3.88. The minimum atomic E-state index is 0.0409. The number of thiazole rings is 1. The van der Waals surface area contributed by atoms with Gasteiger partial charge in [-0.15, -0.1) is 11.3 Å². The van der Waals surface area contributed by atoms with Crippen molar-refractivity contribution in [1.29, 1.82) is 0 Å². The van der Waals surface area contributed by atoms with Gasteiger partial charge in [0.2, 0.25) is 0 Å². The average Bonchev–Trinajstić information content (AvgIpc) is 3.22. The Balaban J connectivity index is 1.29. The van der Waals surface area contributed by atoms with Gasteiger partial charge in [-0.3, -0.25) is 9.88 Å². The minimum absolute atomic E-state index is 0.0409. The van der Waals surface area contributed by atoms with Crippen molar-refractivity contribution in [3.05, 3.63) is 35.2 Å². The Bertz CT molecular complexity index is 613. The van der Waals surface area contributed by atoms with Crippen LogP contribution in [0.25, 0.3) is 0 Å². The molecule has 1 N–H and O–H groups in total. The first kappa shape index (κ1) is 15.0. The van der Waals surface area contributed by atoms with Crippen LogP contribution in [-0.2, 0) is 11.3 Å². The number of nitrogens with zero attached hydrogens (tertiary/aromatic N) is 4. The normalized spacial score (nSPS) is 24.1. The highest BCUT2D eigenvalue weighted by atomic mass is 32.1. The highest BCUT2D eigenvalue weighted by molar-refractivity contribution is 7.09. The highest BCUT2D eigenvalue weighted by Gasteiger charge is 2.42. The molecule has 0 radical (unpaired) electrons. The van der Waals surface area contributed by atoms with Crippen LogP contribution < -0.4 is 5.32 Å². The van der Waals surface area contributed by atoms with Crippen molar-refractivity contribution in [2.75, 3.05) is 25.0 Å². The van der Waals surface area contributed by atoms with Gasteiger partial charge in [0.1, 0.15) is 10.8 Å². The summed E-state index contributed by atoms with van der Waals surface area (Å²) >= 11 is 1.74. The summed E-state index contributed by atoms with van der Waals surface area (Å²) in [5, 5.41) is 6.69. The van der Waals surface area contributed by atoms with Crippen LogP contribution in [0, 0.1) is 0 Å². The van der Waals surface area contributed by atoms with E-state index in [9.17, 15) is 0 Å². The fraction of sp³-hybridized carbons (Fsp3) is 0.562. The van der Waals surface area contributed by atoms with Crippen molar-refractivity contribution in [2.45, 2.75) is 37.5 Å². The molecule has 2 aromatic rings. The van der Waals surface area contributed by atoms with Gasteiger partial charge in [0.15, 0.2) is 0 Å². The molecule has 2 aliphatic heterocycles. The second-order valence-corrected chi connectivity index (χ2v) is 7.31. The van der Waals surface area contributed by atoms with Crippen molar-refractivity contribution in [1.82, 2.24) is 19.9 Å². The second-order valence-electron chi connectivity index (χ2n) is 6.33. The second kappa shape index (κ2) is 6.51. The van der Waals surface area contributed by atoms with Crippen LogP contribution in [0.15, 0.2) is 30.2 Å². The van der Waals surface area contributed by atoms with Crippen molar-refractivity contribution in [3.63, 3.8) is 0 Å². The van der Waals surface area contributed by atoms with E-state index in [-0.39, 0.29) is 5.60 Å². The third-order valence-electron chi connectivity index (χ3n) is 4.73. The lowest BCUT2D eigenvalue weighted by Crippen LogP contribution is -2.44. The summed E-state index contributed by atoms with van der Waals surface area (Å²) in [4.78, 5) is 15.2. The molecule has 2 fully saturated rings. The van der Waals surface area contributed by atoms with Gasteiger partial charge in [-0.25, -0.2) is 9.97 Å². The van der Waals surface area contributed by atoms with Crippen LogP contribution in [0.5, 0.6) is 0 Å². The van der Waals surface area contributed by atoms with Gasteiger partial charge in [0, 0.05) is 37.1 Å². The Kier molecular flexibility index (Phi) is 4.24. The number of aromatic nitrogens is 3. The zero-order valence-corrected chi connectivity index (χ0v) is 13.8. The maximum atomic E-state index is 6.20. The number of ether oxygens (including phenoxy) is 1. The van der Waals surface area contributed by atoms with Crippen LogP contribution in [0.4, 0.5) is 5.82 Å². The molecule has 4 heterocycles. The first-order chi connectivity index (χ1) is 11.3. The third kappa shape index (κ3) is 3.52. The molecule has 1 unspecified atom stereocenters. The lowest BCUT2D eigenvalue weighted by molar-refractivity contribution is -0.0448. The molecule has 23 heavy (non-hydrogen) atoms. The predicted molar refractivity (Wildman–Crippen MR) is 89.4 cm³/mol. The Labute approximate surface area is 139 Å². The van der Waals surface area contributed by atoms with Gasteiger partial charge in [0.05, 0.1) is 31.0 Å². The van der Waals surface area contributed by atoms with Crippen LogP contribution in [0.2, 0.25) is 0 Å². The fourth-order valence-electron chi connectivity index (χ4n) is 3.51. The van der Waals surface area contributed by atoms with Crippen molar-refractivity contribution < 1.29 is 4.74 Å². The molecule has 4 rings (SSSR count). The Hall–Kier alpha value is -1.57. The zero-order valence-electron chi connectivity index (χ0n) is 13.0. The number of nitrogens with one attached hydrogen (secondary N) is 1. The topological polar surface area (TPSA) is 63.2 Å². The molecule has 1 atom stereocenters. The Morgan fingerprint density at radius 1 is 1.26 bits per heavy atom. The lowest BCUT2D eigenvalue weighted by Gasteiger charge is -2.38. The summed E-state index contributed by atoms with van der Waals surface area (Å²) in [6.07, 6.45) is 10.3. The lowest BCUT2D eigenvalue weighted by atomic mass is 9.87. The molecule has 0 aromatic carbocycles. The number of hydrogen-bond donors (Lipinski definition) is 1. The van der Waals surface area contributed by atoms with E-state index in [1.54, 1.807) is 29.9 Å². The number of anilines is 1. The summed E-state index contributed by atoms with van der Waals surface area (Å²) in [5.41, 5.74) is 0.0409. The smallest absolute Gasteiger partial charge is 0.144 e. The van der Waals surface area contributed by atoms with Gasteiger partial charge in [-0.05, 0) is 19.3 Å². The number of hydrogen-bond acceptors (Lipinski definition) is 7. The highest BCUT2D eigenvalue weighted by Crippen LogP contribution is 2.37. The van der Waals surface area contributed by atoms with E-state index in [2.05, 4.69) is 25.2 Å². The van der Waals surface area contributed by atoms with Crippen LogP contribution in [0.1, 0.15) is 24.3 Å². The third-order valence-corrected chi connectivity index (χ3v) is 5.50. The van der Waals surface area contributed by atoms with E-state index in [0.717, 1.165) is 51.3 Å². The number of rotatable bonds is 4. The van der Waals surface area contributed by atoms with Gasteiger partial charge >= 0.3 is 0 Å². The molecule has 2 saturated heterocycles. The maximum absolute atomic E-state index is 6.20. The largest absolute Gasteiger partial charge is 0.373 e. The van der Waals surface area contributed by atoms with Gasteiger partial charge < -0.3 is 10.1 Å². The quantitative estimate of drug-likeness (QED) is 0.926. The van der Waals surface area contributed by atoms with E-state index in [4.69, 9.17) is 4.74 Å². The van der Waals surface area contributed by atoms with E-state index in [1.165, 1.54) is 5.01 Å². The Morgan fingerprint density at radius 3 is 2.91 bits per heavy atom. The average molecular weight is 331 g/mol. The zero-order chi connectivity index (χ0) is 15.5. The monoisotopic (exact) mass is 331 g/mol. The molecule has 122 valence electrons. The minimum Gasteiger partial charge on any atom is -0.373 e. The molecular weight excluding hydrogens is 310 g/mol. The first-order valence-corrected chi connectivity index (χ1v) is 8.97. The van der Waals surface area contributed by atoms with Gasteiger partial charge in [0.25, 0.3) is 0 Å². The molecule has 1 spiro atoms. The van der Waals surface area contributed by atoms with Gasteiger partial charge in [-0.2, -0.15) is 0 Å². The molecule has 6 nitrogen and oxygen atoms in total. The first-order valence-electron chi connectivity index (χ1n) is 8.09. The standard InChI is InChI=1S/C16H21N5OS/c1-6-21(11-15-19-5-8-23-15)7-2-16(1)9-13(12-22-16)20-14-10-17-3-4-18-14/h3-5,8,10,13H,1-2,6-7,9,11-12H2,(H,18,20). The molecule has 2 aromatic heterocycles. The van der Waals surface area contributed by atoms with Crippen LogP contribution in [0.3, 0.4) is 0 Å². The van der Waals surface area contributed by atoms with Crippen molar-refractivity contribution in [3.8, 4) is 0 Å². The van der Waals surface area contributed by atoms with Crippen molar-refractivity contribution >= 4 is 17.2 Å². The Morgan fingerprint density at radius 2 is 2.17 bits per heavy atom. The summed E-state index contributed by atoms with van der Waals surface area (Å²) < 4.78 is 6.20. The van der Waals surface area contributed by atoms with E-state index < -0.39 is 0 Å². The molecule has 0 amide bonds. The van der Waals surface area contributed by atoms with E-state index >= 15 is 0 Å². The van der Waals surface area contributed by atoms with Gasteiger partial charge in [-0.1, -0.05) is 0 Å². The molecule has 0 bridgehead atoms. The summed E-state index contributed by atoms with van der Waals surface area (Å²) in [6, 6.07) is 0.331. The molecular formula is C16H21N5OS. The summed E-state index contributed by atoms with van der Waals surface area (Å²) in [5.74, 6) is 0.833. The molecule has 0 saturated carbocycles. The molecule has 0 aliphatic carbocycles. The fourth-order valence-corrected chi connectivity index (χ4v) is 4.17. The van der Waals surface area contributed by atoms with Crippen LogP contribution >= 0.6 is 11.3 Å². The summed E-state index contributed by atoms with van der Waals surface area (Å²) in [7, 11) is 0. The van der Waals surface area contributed by atoms with E-state index in [1.807, 2.05) is 11.6 Å². The maximum Gasteiger partial charge on any atom is 0.144 e. The molecule has 7 heteroatoms. The van der Waals surface area contributed by atoms with E-state index in [0.29, 0.717) is 6.04 Å². The van der Waals surface area contributed by atoms with Crippen molar-refractivity contribution in [2.24, 2.45) is 0 Å². The number of likely N-dealkylation sites (tertiary alicyclic amines) is 1. The van der Waals surface area contributed by atoms with Crippen LogP contribution in [-0.4, -0.2) is 51.2 Å². The predicted octanol–water partition coefficient (Wildman–Crippen LogP) is 2.17. The SMILES string of the molecule is c1cnc(NC2COC3(CCN(Cc4nccs4)CC3)C2)cn1.